The molecule has 0 aliphatic carbocycles. The van der Waals surface area contributed by atoms with Gasteiger partial charge in [-0.2, -0.15) is 0 Å². The van der Waals surface area contributed by atoms with Crippen LogP contribution < -0.4 is 0 Å². The van der Waals surface area contributed by atoms with Crippen molar-refractivity contribution in [2.24, 2.45) is 0 Å². The smallest absolute Gasteiger partial charge is 0.326 e. The molecule has 0 amide bonds. The summed E-state index contributed by atoms with van der Waals surface area (Å²) >= 11 is 0. The summed E-state index contributed by atoms with van der Waals surface area (Å²) in [5.74, 6) is 0. The van der Waals surface area contributed by atoms with Gasteiger partial charge in [0, 0.05) is 0 Å². The first-order valence-electron chi connectivity index (χ1n) is 6.04. The van der Waals surface area contributed by atoms with Gasteiger partial charge in [-0.15, -0.1) is 0 Å². The quantitative estimate of drug-likeness (QED) is 0.602. The zero-order valence-electron chi connectivity index (χ0n) is 12.7. The Morgan fingerprint density at radius 2 is 0.941 bits per heavy atom. The molecule has 0 aliphatic heterocycles. The SMILES string of the molecule is C[Si](C)(C)C(OP(O)O)([Si](C)(C)C)[Si](C)(C)C. The van der Waals surface area contributed by atoms with Crippen LogP contribution in [0, 0.1) is 0 Å². The van der Waals surface area contributed by atoms with Crippen LogP contribution in [-0.2, 0) is 4.52 Å². The van der Waals surface area contributed by atoms with Gasteiger partial charge in [-0.05, 0) is 0 Å². The Morgan fingerprint density at radius 3 is 1.00 bits per heavy atom. The Labute approximate surface area is 111 Å². The van der Waals surface area contributed by atoms with Gasteiger partial charge in [-0.3, -0.25) is 0 Å². The number of hydrogen-bond donors (Lipinski definition) is 2. The van der Waals surface area contributed by atoms with Gasteiger partial charge in [0.2, 0.25) is 0 Å². The highest BCUT2D eigenvalue weighted by atomic mass is 31.2. The van der Waals surface area contributed by atoms with Crippen LogP contribution in [0.15, 0.2) is 0 Å². The van der Waals surface area contributed by atoms with Crippen LogP contribution in [0.5, 0.6) is 0 Å². The second kappa shape index (κ2) is 5.15. The lowest BCUT2D eigenvalue weighted by molar-refractivity contribution is 0.231. The second-order valence-corrected chi connectivity index (χ2v) is 25.6. The highest BCUT2D eigenvalue weighted by Crippen LogP contribution is 2.48. The van der Waals surface area contributed by atoms with Crippen LogP contribution >= 0.6 is 8.60 Å². The Balaban J connectivity index is 5.93. The molecule has 104 valence electrons. The summed E-state index contributed by atoms with van der Waals surface area (Å²) in [7, 11) is -7.30. The van der Waals surface area contributed by atoms with Gasteiger partial charge >= 0.3 is 8.60 Å². The molecule has 0 spiro atoms. The minimum Gasteiger partial charge on any atom is -0.328 e. The third-order valence-corrected chi connectivity index (χ3v) is 24.5. The van der Waals surface area contributed by atoms with E-state index >= 15 is 0 Å². The van der Waals surface area contributed by atoms with Crippen LogP contribution in [0.25, 0.3) is 0 Å². The predicted molar refractivity (Wildman–Crippen MR) is 85.2 cm³/mol. The summed E-state index contributed by atoms with van der Waals surface area (Å²) in [6.45, 7) is 20.6. The van der Waals surface area contributed by atoms with E-state index in [-0.39, 0.29) is 4.47 Å². The van der Waals surface area contributed by atoms with Gasteiger partial charge in [-0.25, -0.2) is 0 Å². The van der Waals surface area contributed by atoms with Crippen molar-refractivity contribution >= 4 is 32.8 Å². The molecule has 3 nitrogen and oxygen atoms in total. The minimum atomic E-state index is -2.28. The Bertz CT molecular complexity index is 227. The summed E-state index contributed by atoms with van der Waals surface area (Å²) < 4.78 is 5.67. The van der Waals surface area contributed by atoms with Crippen molar-refractivity contribution in [3.8, 4) is 0 Å². The van der Waals surface area contributed by atoms with Crippen molar-refractivity contribution in [2.45, 2.75) is 63.4 Å². The van der Waals surface area contributed by atoms with E-state index < -0.39 is 32.8 Å². The maximum absolute atomic E-state index is 9.44. The molecule has 0 aromatic carbocycles. The molecule has 0 unspecified atom stereocenters. The standard InChI is InChI=1S/C10H29O3PSi3/c1-15(2,3)10(13-14(11)12,16(4,5)6)17(7,8)9/h11-12H,1-9H3. The van der Waals surface area contributed by atoms with Crippen molar-refractivity contribution in [2.75, 3.05) is 0 Å². The van der Waals surface area contributed by atoms with Crippen LogP contribution in [-0.4, -0.2) is 38.5 Å². The molecule has 7 heteroatoms. The molecule has 0 radical (unpaired) electrons. The average molecular weight is 313 g/mol. The highest BCUT2D eigenvalue weighted by Gasteiger charge is 2.62. The van der Waals surface area contributed by atoms with Crippen molar-refractivity contribution in [1.29, 1.82) is 0 Å². The van der Waals surface area contributed by atoms with Crippen LogP contribution in [0.2, 0.25) is 58.9 Å². The van der Waals surface area contributed by atoms with E-state index in [4.69, 9.17) is 4.52 Å². The lowest BCUT2D eigenvalue weighted by atomic mass is 11.5. The second-order valence-electron chi connectivity index (χ2n) is 7.78. The van der Waals surface area contributed by atoms with Crippen molar-refractivity contribution in [1.82, 2.24) is 0 Å². The largest absolute Gasteiger partial charge is 0.328 e. The summed E-state index contributed by atoms with van der Waals surface area (Å²) in [4.78, 5) is 18.9. The summed E-state index contributed by atoms with van der Waals surface area (Å²) in [5, 5.41) is 0. The molecule has 0 aromatic rings. The van der Waals surface area contributed by atoms with E-state index in [1.807, 2.05) is 0 Å². The molecule has 0 rings (SSSR count). The van der Waals surface area contributed by atoms with Gasteiger partial charge in [-0.1, -0.05) is 58.9 Å². The molecule has 0 fully saturated rings. The van der Waals surface area contributed by atoms with E-state index in [1.165, 1.54) is 0 Å². The van der Waals surface area contributed by atoms with E-state index in [1.54, 1.807) is 0 Å². The maximum Gasteiger partial charge on any atom is 0.326 e. The molecule has 0 aliphatic rings. The zero-order valence-corrected chi connectivity index (χ0v) is 16.6. The molecule has 0 heterocycles. The number of rotatable bonds is 5. The molecule has 0 bridgehead atoms. The molecule has 0 atom stereocenters. The molecular formula is C10H29O3PSi3. The topological polar surface area (TPSA) is 49.7 Å². The minimum absolute atomic E-state index is 0.220. The van der Waals surface area contributed by atoms with Crippen molar-refractivity contribution in [3.05, 3.63) is 0 Å². The van der Waals surface area contributed by atoms with Crippen LogP contribution in [0.1, 0.15) is 0 Å². The van der Waals surface area contributed by atoms with E-state index in [9.17, 15) is 9.79 Å². The fraction of sp³-hybridized carbons (Fsp3) is 1.00. The van der Waals surface area contributed by atoms with Gasteiger partial charge in [0.05, 0.1) is 28.7 Å². The summed E-state index contributed by atoms with van der Waals surface area (Å²) in [6, 6.07) is 0. The van der Waals surface area contributed by atoms with E-state index in [2.05, 4.69) is 58.9 Å². The average Bonchev–Trinajstić information content (AvgIpc) is 1.91. The first kappa shape index (κ1) is 18.0. The molecule has 17 heavy (non-hydrogen) atoms. The molecular weight excluding hydrogens is 283 g/mol. The van der Waals surface area contributed by atoms with Gasteiger partial charge in [0.1, 0.15) is 0 Å². The summed E-state index contributed by atoms with van der Waals surface area (Å²) in [6.07, 6.45) is 0. The molecule has 0 saturated carbocycles. The molecule has 0 aromatic heterocycles. The predicted octanol–water partition coefficient (Wildman–Crippen LogP) is 3.59. The fourth-order valence-electron chi connectivity index (χ4n) is 3.91. The van der Waals surface area contributed by atoms with Gasteiger partial charge in [0.25, 0.3) is 0 Å². The first-order valence-corrected chi connectivity index (χ1v) is 17.7. The monoisotopic (exact) mass is 312 g/mol. The molecule has 2 N–H and O–H groups in total. The van der Waals surface area contributed by atoms with Gasteiger partial charge < -0.3 is 14.3 Å². The highest BCUT2D eigenvalue weighted by molar-refractivity contribution is 7.40. The fourth-order valence-corrected chi connectivity index (χ4v) is 35.2. The molecule has 0 saturated heterocycles. The third-order valence-electron chi connectivity index (χ3n) is 3.39. The van der Waals surface area contributed by atoms with Gasteiger partial charge in [0.15, 0.2) is 0 Å². The maximum atomic E-state index is 9.44. The van der Waals surface area contributed by atoms with Crippen molar-refractivity contribution < 1.29 is 14.3 Å². The lowest BCUT2D eigenvalue weighted by Crippen LogP contribution is -2.78. The van der Waals surface area contributed by atoms with E-state index in [0.717, 1.165) is 0 Å². The summed E-state index contributed by atoms with van der Waals surface area (Å²) in [5.41, 5.74) is 0. The van der Waals surface area contributed by atoms with Crippen LogP contribution in [0.4, 0.5) is 0 Å². The Kier molecular flexibility index (Phi) is 5.44. The first-order chi connectivity index (χ1) is 7.17. The Hall–Kier alpha value is 0.961. The van der Waals surface area contributed by atoms with Crippen LogP contribution in [0.3, 0.4) is 0 Å². The normalized spacial score (nSPS) is 15.5. The Morgan fingerprint density at radius 1 is 0.706 bits per heavy atom. The third kappa shape index (κ3) is 3.49. The van der Waals surface area contributed by atoms with E-state index in [0.29, 0.717) is 0 Å². The van der Waals surface area contributed by atoms with Crippen molar-refractivity contribution in [3.63, 3.8) is 0 Å². The lowest BCUT2D eigenvalue weighted by Gasteiger charge is -2.57. The zero-order chi connectivity index (χ0) is 14.3. The number of hydrogen-bond acceptors (Lipinski definition) is 3.